The number of nitrogens with zero attached hydrogens (tertiary/aromatic N) is 1. The standard InChI is InChI=1S/C13H15N3O4/c1-8-3-5-10(6-4-8)20-9(2)12(18)15-16-7-11(17)14-13(16)19/h3-6,9H,7H2,1-2H3,(H,15,18)(H,14,17,19). The van der Waals surface area contributed by atoms with Gasteiger partial charge in [-0.15, -0.1) is 0 Å². The molecule has 0 aliphatic carbocycles. The van der Waals surface area contributed by atoms with E-state index in [0.29, 0.717) is 5.75 Å². The van der Waals surface area contributed by atoms with Crippen LogP contribution in [-0.2, 0) is 9.59 Å². The third kappa shape index (κ3) is 3.25. The number of amides is 4. The fourth-order valence-corrected chi connectivity index (χ4v) is 1.63. The molecule has 4 amide bonds. The van der Waals surface area contributed by atoms with Crippen molar-refractivity contribution in [2.24, 2.45) is 0 Å². The summed E-state index contributed by atoms with van der Waals surface area (Å²) >= 11 is 0. The minimum absolute atomic E-state index is 0.193. The van der Waals surface area contributed by atoms with Gasteiger partial charge in [0, 0.05) is 0 Å². The molecule has 1 atom stereocenters. The van der Waals surface area contributed by atoms with E-state index < -0.39 is 23.9 Å². The molecule has 106 valence electrons. The summed E-state index contributed by atoms with van der Waals surface area (Å²) in [5.74, 6) is -0.405. The van der Waals surface area contributed by atoms with Gasteiger partial charge in [0.1, 0.15) is 12.3 Å². The molecule has 7 nitrogen and oxygen atoms in total. The first kappa shape index (κ1) is 13.9. The van der Waals surface area contributed by atoms with Crippen molar-refractivity contribution < 1.29 is 19.1 Å². The van der Waals surface area contributed by atoms with E-state index in [1.807, 2.05) is 19.1 Å². The molecule has 1 fully saturated rings. The predicted octanol–water partition coefficient (Wildman–Crippen LogP) is 0.345. The summed E-state index contributed by atoms with van der Waals surface area (Å²) < 4.78 is 5.45. The number of imide groups is 1. The van der Waals surface area contributed by atoms with Crippen molar-refractivity contribution in [1.29, 1.82) is 0 Å². The van der Waals surface area contributed by atoms with E-state index in [1.54, 1.807) is 19.1 Å². The van der Waals surface area contributed by atoms with E-state index in [1.165, 1.54) is 0 Å². The lowest BCUT2D eigenvalue weighted by molar-refractivity contribution is -0.131. The fraction of sp³-hybridized carbons (Fsp3) is 0.308. The van der Waals surface area contributed by atoms with Crippen molar-refractivity contribution >= 4 is 17.8 Å². The van der Waals surface area contributed by atoms with Crippen LogP contribution in [0.5, 0.6) is 5.75 Å². The molecule has 2 N–H and O–H groups in total. The Morgan fingerprint density at radius 1 is 1.35 bits per heavy atom. The number of ether oxygens (including phenoxy) is 1. The first-order valence-electron chi connectivity index (χ1n) is 6.11. The molecule has 1 saturated heterocycles. The quantitative estimate of drug-likeness (QED) is 0.777. The van der Waals surface area contributed by atoms with Crippen molar-refractivity contribution in [2.75, 3.05) is 6.54 Å². The van der Waals surface area contributed by atoms with Crippen LogP contribution in [0.3, 0.4) is 0 Å². The average molecular weight is 277 g/mol. The number of rotatable bonds is 4. The first-order valence-corrected chi connectivity index (χ1v) is 6.11. The molecule has 1 heterocycles. The van der Waals surface area contributed by atoms with Crippen LogP contribution < -0.4 is 15.5 Å². The highest BCUT2D eigenvalue weighted by Gasteiger charge is 2.29. The van der Waals surface area contributed by atoms with E-state index in [-0.39, 0.29) is 6.54 Å². The van der Waals surface area contributed by atoms with Crippen LogP contribution in [0.1, 0.15) is 12.5 Å². The monoisotopic (exact) mass is 277 g/mol. The Balaban J connectivity index is 1.90. The second-order valence-corrected chi connectivity index (χ2v) is 4.49. The Hall–Kier alpha value is -2.57. The maximum atomic E-state index is 11.9. The van der Waals surface area contributed by atoms with Gasteiger partial charge in [0.2, 0.25) is 5.91 Å². The van der Waals surface area contributed by atoms with Gasteiger partial charge in [-0.1, -0.05) is 17.7 Å². The normalized spacial score (nSPS) is 15.8. The number of benzene rings is 1. The van der Waals surface area contributed by atoms with Crippen molar-refractivity contribution in [3.63, 3.8) is 0 Å². The number of hydrogen-bond acceptors (Lipinski definition) is 4. The van der Waals surface area contributed by atoms with Gasteiger partial charge in [0.25, 0.3) is 5.91 Å². The van der Waals surface area contributed by atoms with E-state index in [0.717, 1.165) is 10.6 Å². The van der Waals surface area contributed by atoms with Crippen LogP contribution in [0.4, 0.5) is 4.79 Å². The van der Waals surface area contributed by atoms with Crippen LogP contribution in [0.2, 0.25) is 0 Å². The molecule has 0 bridgehead atoms. The van der Waals surface area contributed by atoms with Crippen molar-refractivity contribution in [1.82, 2.24) is 15.8 Å². The fourth-order valence-electron chi connectivity index (χ4n) is 1.63. The molecule has 20 heavy (non-hydrogen) atoms. The predicted molar refractivity (Wildman–Crippen MR) is 69.7 cm³/mol. The first-order chi connectivity index (χ1) is 9.45. The zero-order chi connectivity index (χ0) is 14.7. The summed E-state index contributed by atoms with van der Waals surface area (Å²) in [5, 5.41) is 2.98. The van der Waals surface area contributed by atoms with Crippen molar-refractivity contribution in [3.8, 4) is 5.75 Å². The molecule has 0 spiro atoms. The third-order valence-corrected chi connectivity index (χ3v) is 2.74. The molecule has 1 unspecified atom stereocenters. The van der Waals surface area contributed by atoms with Gasteiger partial charge in [-0.3, -0.25) is 20.3 Å². The number of hydrogen-bond donors (Lipinski definition) is 2. The lowest BCUT2D eigenvalue weighted by Gasteiger charge is -2.19. The van der Waals surface area contributed by atoms with Gasteiger partial charge in [0.05, 0.1) is 0 Å². The summed E-state index contributed by atoms with van der Waals surface area (Å²) in [6.07, 6.45) is -0.791. The third-order valence-electron chi connectivity index (χ3n) is 2.74. The second-order valence-electron chi connectivity index (χ2n) is 4.49. The summed E-state index contributed by atoms with van der Waals surface area (Å²) in [7, 11) is 0. The van der Waals surface area contributed by atoms with E-state index in [4.69, 9.17) is 4.74 Å². The second kappa shape index (κ2) is 5.60. The Bertz CT molecular complexity index is 541. The Labute approximate surface area is 115 Å². The minimum atomic E-state index is -0.791. The molecule has 1 aliphatic rings. The highest BCUT2D eigenvalue weighted by molar-refractivity contribution is 6.02. The Morgan fingerprint density at radius 3 is 2.55 bits per heavy atom. The molecule has 1 aromatic rings. The van der Waals surface area contributed by atoms with Crippen LogP contribution in [0.25, 0.3) is 0 Å². The maximum absolute atomic E-state index is 11.9. The highest BCUT2D eigenvalue weighted by Crippen LogP contribution is 2.13. The number of carbonyl (C=O) groups excluding carboxylic acids is 3. The summed E-state index contributed by atoms with van der Waals surface area (Å²) in [6, 6.07) is 6.60. The number of urea groups is 1. The van der Waals surface area contributed by atoms with Gasteiger partial charge in [0.15, 0.2) is 6.10 Å². The summed E-state index contributed by atoms with van der Waals surface area (Å²) in [5.41, 5.74) is 3.41. The maximum Gasteiger partial charge on any atom is 0.343 e. The Kier molecular flexibility index (Phi) is 3.88. The Morgan fingerprint density at radius 2 is 2.00 bits per heavy atom. The van der Waals surface area contributed by atoms with E-state index in [2.05, 4.69) is 10.7 Å². The number of aryl methyl sites for hydroxylation is 1. The summed E-state index contributed by atoms with van der Waals surface area (Å²) in [6.45, 7) is 3.32. The number of nitrogens with one attached hydrogen (secondary N) is 2. The summed E-state index contributed by atoms with van der Waals surface area (Å²) in [4.78, 5) is 34.1. The number of hydrazine groups is 1. The van der Waals surface area contributed by atoms with Gasteiger partial charge in [-0.2, -0.15) is 0 Å². The molecule has 7 heteroatoms. The topological polar surface area (TPSA) is 87.7 Å². The number of carbonyl (C=O) groups is 3. The van der Waals surface area contributed by atoms with Gasteiger partial charge in [-0.05, 0) is 26.0 Å². The minimum Gasteiger partial charge on any atom is -0.481 e. The lowest BCUT2D eigenvalue weighted by atomic mass is 10.2. The SMILES string of the molecule is Cc1ccc(OC(C)C(=O)NN2CC(=O)NC2=O)cc1. The van der Waals surface area contributed by atoms with Crippen LogP contribution in [-0.4, -0.2) is 35.5 Å². The molecular weight excluding hydrogens is 262 g/mol. The lowest BCUT2D eigenvalue weighted by Crippen LogP contribution is -2.48. The molecule has 2 rings (SSSR count). The molecule has 0 aromatic heterocycles. The molecule has 0 saturated carbocycles. The zero-order valence-corrected chi connectivity index (χ0v) is 11.2. The van der Waals surface area contributed by atoms with Crippen LogP contribution in [0.15, 0.2) is 24.3 Å². The van der Waals surface area contributed by atoms with E-state index in [9.17, 15) is 14.4 Å². The smallest absolute Gasteiger partial charge is 0.343 e. The van der Waals surface area contributed by atoms with Crippen LogP contribution >= 0.6 is 0 Å². The van der Waals surface area contributed by atoms with Gasteiger partial charge in [-0.25, -0.2) is 9.80 Å². The van der Waals surface area contributed by atoms with Crippen molar-refractivity contribution in [3.05, 3.63) is 29.8 Å². The molecular formula is C13H15N3O4. The zero-order valence-electron chi connectivity index (χ0n) is 11.2. The molecule has 0 radical (unpaired) electrons. The van der Waals surface area contributed by atoms with Gasteiger partial charge < -0.3 is 4.74 Å². The molecule has 1 aromatic carbocycles. The van der Waals surface area contributed by atoms with Gasteiger partial charge >= 0.3 is 6.03 Å². The van der Waals surface area contributed by atoms with Crippen molar-refractivity contribution in [2.45, 2.75) is 20.0 Å². The molecule has 1 aliphatic heterocycles. The average Bonchev–Trinajstić information content (AvgIpc) is 2.70. The van der Waals surface area contributed by atoms with Crippen LogP contribution in [0, 0.1) is 6.92 Å². The van der Waals surface area contributed by atoms with E-state index >= 15 is 0 Å². The highest BCUT2D eigenvalue weighted by atomic mass is 16.5. The largest absolute Gasteiger partial charge is 0.481 e.